The van der Waals surface area contributed by atoms with Crippen LogP contribution >= 0.6 is 15.9 Å². The van der Waals surface area contributed by atoms with E-state index < -0.39 is 9.84 Å². The maximum Gasteiger partial charge on any atom is 0.156 e. The third-order valence-corrected chi connectivity index (χ3v) is 4.79. The summed E-state index contributed by atoms with van der Waals surface area (Å²) in [6.07, 6.45) is 0.515. The van der Waals surface area contributed by atoms with Gasteiger partial charge in [-0.25, -0.2) is 8.42 Å². The average Bonchev–Trinajstić information content (AvgIpc) is 2.66. The standard InChI is InChI=1S/C12H14BrN3O2S/c1-16-14-11(12(13)15-16)9-19(17,18)8-7-10-5-3-2-4-6-10/h2-6H,7-9H2,1H3. The molecule has 0 saturated heterocycles. The molecule has 0 saturated carbocycles. The van der Waals surface area contributed by atoms with Gasteiger partial charge in [0.1, 0.15) is 5.69 Å². The fourth-order valence-corrected chi connectivity index (χ4v) is 3.65. The molecule has 0 aliphatic rings. The summed E-state index contributed by atoms with van der Waals surface area (Å²) in [5.41, 5.74) is 1.47. The molecule has 5 nitrogen and oxygen atoms in total. The molecule has 0 amide bonds. The Morgan fingerprint density at radius 1 is 1.21 bits per heavy atom. The zero-order valence-electron chi connectivity index (χ0n) is 10.5. The van der Waals surface area contributed by atoms with Gasteiger partial charge in [-0.1, -0.05) is 30.3 Å². The molecular formula is C12H14BrN3O2S. The lowest BCUT2D eigenvalue weighted by Gasteiger charge is -2.03. The maximum absolute atomic E-state index is 12.0. The van der Waals surface area contributed by atoms with Gasteiger partial charge in [0.05, 0.1) is 11.5 Å². The van der Waals surface area contributed by atoms with Gasteiger partial charge in [-0.15, -0.1) is 5.10 Å². The van der Waals surface area contributed by atoms with Gasteiger partial charge in [-0.05, 0) is 27.9 Å². The molecule has 2 aromatic rings. The second kappa shape index (κ2) is 5.83. The summed E-state index contributed by atoms with van der Waals surface area (Å²) in [4.78, 5) is 1.35. The van der Waals surface area contributed by atoms with Gasteiger partial charge in [0.2, 0.25) is 0 Å². The Labute approximate surface area is 120 Å². The van der Waals surface area contributed by atoms with Gasteiger partial charge in [0.15, 0.2) is 14.4 Å². The van der Waals surface area contributed by atoms with Crippen molar-refractivity contribution < 1.29 is 8.42 Å². The minimum absolute atomic E-state index is 0.0890. The van der Waals surface area contributed by atoms with Crippen molar-refractivity contribution in [3.63, 3.8) is 0 Å². The summed E-state index contributed by atoms with van der Waals surface area (Å²) in [6, 6.07) is 9.57. The summed E-state index contributed by atoms with van der Waals surface area (Å²) < 4.78 is 24.6. The molecule has 0 aliphatic heterocycles. The Morgan fingerprint density at radius 3 is 2.47 bits per heavy atom. The molecule has 0 atom stereocenters. The third-order valence-electron chi connectivity index (χ3n) is 2.64. The molecular weight excluding hydrogens is 330 g/mol. The molecule has 0 N–H and O–H groups in total. The first kappa shape index (κ1) is 14.2. The van der Waals surface area contributed by atoms with E-state index in [4.69, 9.17) is 0 Å². The van der Waals surface area contributed by atoms with E-state index in [9.17, 15) is 8.42 Å². The number of aryl methyl sites for hydroxylation is 2. The summed E-state index contributed by atoms with van der Waals surface area (Å²) in [6.45, 7) is 0. The van der Waals surface area contributed by atoms with Crippen molar-refractivity contribution in [3.05, 3.63) is 46.2 Å². The molecule has 0 fully saturated rings. The first-order valence-corrected chi connectivity index (χ1v) is 8.38. The zero-order chi connectivity index (χ0) is 13.9. The van der Waals surface area contributed by atoms with Crippen molar-refractivity contribution >= 4 is 25.8 Å². The van der Waals surface area contributed by atoms with Crippen molar-refractivity contribution in [1.29, 1.82) is 0 Å². The number of aromatic nitrogens is 3. The van der Waals surface area contributed by atoms with Crippen molar-refractivity contribution in [2.75, 3.05) is 5.75 Å². The number of hydrogen-bond donors (Lipinski definition) is 0. The number of benzene rings is 1. The van der Waals surface area contributed by atoms with Gasteiger partial charge in [-0.2, -0.15) is 9.90 Å². The normalized spacial score (nSPS) is 11.7. The fraction of sp³-hybridized carbons (Fsp3) is 0.333. The van der Waals surface area contributed by atoms with E-state index >= 15 is 0 Å². The van der Waals surface area contributed by atoms with Crippen LogP contribution in [0.3, 0.4) is 0 Å². The highest BCUT2D eigenvalue weighted by Gasteiger charge is 2.17. The van der Waals surface area contributed by atoms with Crippen LogP contribution < -0.4 is 0 Å². The van der Waals surface area contributed by atoms with Crippen LogP contribution in [-0.2, 0) is 29.1 Å². The quantitative estimate of drug-likeness (QED) is 0.829. The zero-order valence-corrected chi connectivity index (χ0v) is 12.9. The molecule has 0 bridgehead atoms. The molecule has 1 aromatic carbocycles. The third kappa shape index (κ3) is 4.14. The lowest BCUT2D eigenvalue weighted by atomic mass is 10.2. The Kier molecular flexibility index (Phi) is 4.36. The van der Waals surface area contributed by atoms with Crippen LogP contribution in [0, 0.1) is 0 Å². The molecule has 0 spiro atoms. The monoisotopic (exact) mass is 343 g/mol. The van der Waals surface area contributed by atoms with E-state index in [2.05, 4.69) is 26.1 Å². The Hall–Kier alpha value is -1.21. The summed E-state index contributed by atoms with van der Waals surface area (Å²) in [5.74, 6) is 0.0221. The van der Waals surface area contributed by atoms with E-state index in [1.807, 2.05) is 30.3 Å². The Bertz CT molecular complexity index is 653. The van der Waals surface area contributed by atoms with Crippen LogP contribution in [0.4, 0.5) is 0 Å². The highest BCUT2D eigenvalue weighted by Crippen LogP contribution is 2.15. The topological polar surface area (TPSA) is 64.8 Å². The van der Waals surface area contributed by atoms with Crippen molar-refractivity contribution in [1.82, 2.24) is 15.0 Å². The van der Waals surface area contributed by atoms with Crippen molar-refractivity contribution in [3.8, 4) is 0 Å². The predicted octanol–water partition coefficient (Wildman–Crippen LogP) is 1.74. The van der Waals surface area contributed by atoms with Crippen LogP contribution in [0.2, 0.25) is 0 Å². The molecule has 1 aromatic heterocycles. The number of hydrogen-bond acceptors (Lipinski definition) is 4. The maximum atomic E-state index is 12.0. The largest absolute Gasteiger partial charge is 0.228 e. The molecule has 0 unspecified atom stereocenters. The smallest absolute Gasteiger partial charge is 0.156 e. The van der Waals surface area contributed by atoms with Gasteiger partial charge in [0, 0.05) is 7.05 Å². The van der Waals surface area contributed by atoms with Crippen LogP contribution in [-0.4, -0.2) is 29.2 Å². The average molecular weight is 344 g/mol. The first-order chi connectivity index (χ1) is 8.96. The van der Waals surface area contributed by atoms with Gasteiger partial charge < -0.3 is 0 Å². The summed E-state index contributed by atoms with van der Waals surface area (Å²) >= 11 is 3.21. The SMILES string of the molecule is Cn1nc(Br)c(CS(=O)(=O)CCc2ccccc2)n1. The van der Waals surface area contributed by atoms with Crippen LogP contribution in [0.1, 0.15) is 11.3 Å². The van der Waals surface area contributed by atoms with E-state index in [-0.39, 0.29) is 11.5 Å². The van der Waals surface area contributed by atoms with Crippen molar-refractivity contribution in [2.45, 2.75) is 12.2 Å². The first-order valence-electron chi connectivity index (χ1n) is 5.76. The summed E-state index contributed by atoms with van der Waals surface area (Å²) in [7, 11) is -1.53. The number of rotatable bonds is 5. The van der Waals surface area contributed by atoms with E-state index in [0.29, 0.717) is 16.7 Å². The Morgan fingerprint density at radius 2 is 1.89 bits per heavy atom. The number of sulfone groups is 1. The highest BCUT2D eigenvalue weighted by molar-refractivity contribution is 9.10. The van der Waals surface area contributed by atoms with Gasteiger partial charge in [-0.3, -0.25) is 0 Å². The molecule has 1 heterocycles. The van der Waals surface area contributed by atoms with E-state index in [0.717, 1.165) is 5.56 Å². The van der Waals surface area contributed by atoms with Crippen LogP contribution in [0.15, 0.2) is 34.9 Å². The van der Waals surface area contributed by atoms with E-state index in [1.165, 1.54) is 4.80 Å². The van der Waals surface area contributed by atoms with Crippen LogP contribution in [0.25, 0.3) is 0 Å². The lowest BCUT2D eigenvalue weighted by Crippen LogP contribution is -2.12. The Balaban J connectivity index is 2.01. The molecule has 7 heteroatoms. The highest BCUT2D eigenvalue weighted by atomic mass is 79.9. The van der Waals surface area contributed by atoms with Gasteiger partial charge >= 0.3 is 0 Å². The minimum Gasteiger partial charge on any atom is -0.228 e. The van der Waals surface area contributed by atoms with Crippen molar-refractivity contribution in [2.24, 2.45) is 7.05 Å². The minimum atomic E-state index is -3.19. The predicted molar refractivity (Wildman–Crippen MR) is 76.3 cm³/mol. The van der Waals surface area contributed by atoms with Gasteiger partial charge in [0.25, 0.3) is 0 Å². The molecule has 19 heavy (non-hydrogen) atoms. The van der Waals surface area contributed by atoms with Crippen LogP contribution in [0.5, 0.6) is 0 Å². The lowest BCUT2D eigenvalue weighted by molar-refractivity contribution is 0.592. The summed E-state index contributed by atoms with van der Waals surface area (Å²) in [5, 5.41) is 8.00. The molecule has 2 rings (SSSR count). The van der Waals surface area contributed by atoms with E-state index in [1.54, 1.807) is 7.05 Å². The number of nitrogens with zero attached hydrogens (tertiary/aromatic N) is 3. The molecule has 0 aliphatic carbocycles. The molecule has 102 valence electrons. The number of halogens is 1. The second-order valence-corrected chi connectivity index (χ2v) is 7.19. The molecule has 0 radical (unpaired) electrons. The second-order valence-electron chi connectivity index (χ2n) is 4.25. The fourth-order valence-electron chi connectivity index (χ4n) is 1.71.